The number of allylic oxidation sites excluding steroid dienone is 1. The van der Waals surface area contributed by atoms with Gasteiger partial charge in [-0.05, 0) is 47.6 Å². The van der Waals surface area contributed by atoms with Crippen LogP contribution in [-0.4, -0.2) is 52.8 Å². The van der Waals surface area contributed by atoms with Crippen molar-refractivity contribution in [2.24, 2.45) is 5.92 Å². The van der Waals surface area contributed by atoms with Gasteiger partial charge in [0.2, 0.25) is 5.91 Å². The van der Waals surface area contributed by atoms with E-state index >= 15 is 0 Å². The smallest absolute Gasteiger partial charge is 0.255 e. The van der Waals surface area contributed by atoms with Crippen LogP contribution in [0.2, 0.25) is 0 Å². The second-order valence-corrected chi connectivity index (χ2v) is 9.22. The van der Waals surface area contributed by atoms with Gasteiger partial charge in [-0.25, -0.2) is 4.98 Å². The van der Waals surface area contributed by atoms with Crippen LogP contribution in [0.3, 0.4) is 0 Å². The maximum absolute atomic E-state index is 13.9. The number of piperazine rings is 1. The molecule has 2 aromatic carbocycles. The number of aromatic nitrogens is 1. The number of rotatable bonds is 2. The molecule has 0 unspecified atom stereocenters. The number of amides is 2. The van der Waals surface area contributed by atoms with Gasteiger partial charge in [0.25, 0.3) is 5.91 Å². The van der Waals surface area contributed by atoms with Crippen LogP contribution in [0.4, 0.5) is 0 Å². The Morgan fingerprint density at radius 3 is 2.30 bits per heavy atom. The normalized spacial score (nSPS) is 19.6. The summed E-state index contributed by atoms with van der Waals surface area (Å²) < 4.78 is 0. The molecule has 1 atom stereocenters. The first-order valence-electron chi connectivity index (χ1n) is 11.7. The number of nitrogens with zero attached hydrogens (tertiary/aromatic N) is 3. The molecule has 2 amide bonds. The molecule has 5 rings (SSSR count). The molecule has 1 aromatic heterocycles. The molecular weight excluding hydrogens is 410 g/mol. The molecule has 1 aliphatic heterocycles. The third kappa shape index (κ3) is 4.15. The lowest BCUT2D eigenvalue weighted by Gasteiger charge is -2.35. The first kappa shape index (κ1) is 21.4. The van der Waals surface area contributed by atoms with Crippen LogP contribution >= 0.6 is 0 Å². The molecule has 2 heterocycles. The Kier molecular flexibility index (Phi) is 5.71. The maximum atomic E-state index is 13.9. The number of benzene rings is 2. The van der Waals surface area contributed by atoms with Gasteiger partial charge in [-0.15, -0.1) is 0 Å². The predicted molar refractivity (Wildman–Crippen MR) is 132 cm³/mol. The van der Waals surface area contributed by atoms with E-state index < -0.39 is 0 Å². The Balaban J connectivity index is 1.62. The molecule has 1 fully saturated rings. The molecule has 5 nitrogen and oxygen atoms in total. The Morgan fingerprint density at radius 2 is 1.58 bits per heavy atom. The standard InChI is InChI=1S/C28H29N3O2/c1-19-16-22(18-21-8-4-3-5-9-21)27-24(17-19)26(23-10-6-7-11-25(23)29-27)28(33)31-14-12-30(13-15-31)20(2)32/h3-11,18-19H,12-17H2,1-2H3/b22-18-/t19-/m1/s1. The molecule has 33 heavy (non-hydrogen) atoms. The second kappa shape index (κ2) is 8.81. The molecule has 168 valence electrons. The van der Waals surface area contributed by atoms with E-state index in [0.717, 1.165) is 46.1 Å². The first-order chi connectivity index (χ1) is 16.0. The summed E-state index contributed by atoms with van der Waals surface area (Å²) in [5.41, 5.74) is 6.01. The van der Waals surface area contributed by atoms with Gasteiger partial charge in [0.05, 0.1) is 16.8 Å². The molecule has 0 spiro atoms. The van der Waals surface area contributed by atoms with Crippen LogP contribution in [-0.2, 0) is 11.2 Å². The van der Waals surface area contributed by atoms with E-state index in [1.54, 1.807) is 6.92 Å². The van der Waals surface area contributed by atoms with E-state index in [2.05, 4.69) is 25.1 Å². The molecule has 1 saturated heterocycles. The molecule has 3 aromatic rings. The van der Waals surface area contributed by atoms with Gasteiger partial charge in [0, 0.05) is 38.5 Å². The van der Waals surface area contributed by atoms with Crippen LogP contribution < -0.4 is 0 Å². The lowest BCUT2D eigenvalue weighted by atomic mass is 9.80. The summed E-state index contributed by atoms with van der Waals surface area (Å²) in [6.07, 6.45) is 4.00. The summed E-state index contributed by atoms with van der Waals surface area (Å²) in [5, 5.41) is 0.920. The van der Waals surface area contributed by atoms with Crippen molar-refractivity contribution in [2.45, 2.75) is 26.7 Å². The van der Waals surface area contributed by atoms with Crippen LogP contribution in [0.1, 0.15) is 47.4 Å². The van der Waals surface area contributed by atoms with Crippen molar-refractivity contribution in [2.75, 3.05) is 26.2 Å². The van der Waals surface area contributed by atoms with E-state index in [1.807, 2.05) is 52.3 Å². The van der Waals surface area contributed by atoms with E-state index in [4.69, 9.17) is 4.98 Å². The monoisotopic (exact) mass is 439 g/mol. The van der Waals surface area contributed by atoms with Crippen molar-refractivity contribution in [3.8, 4) is 0 Å². The molecular formula is C28H29N3O2. The third-order valence-corrected chi connectivity index (χ3v) is 6.78. The quantitative estimate of drug-likeness (QED) is 0.584. The van der Waals surface area contributed by atoms with E-state index in [9.17, 15) is 9.59 Å². The number of carbonyl (C=O) groups excluding carboxylic acids is 2. The highest BCUT2D eigenvalue weighted by Crippen LogP contribution is 2.39. The highest BCUT2D eigenvalue weighted by molar-refractivity contribution is 6.09. The Morgan fingerprint density at radius 1 is 0.909 bits per heavy atom. The number of hydrogen-bond donors (Lipinski definition) is 0. The van der Waals surface area contributed by atoms with Gasteiger partial charge in [-0.2, -0.15) is 0 Å². The van der Waals surface area contributed by atoms with Gasteiger partial charge in [0.15, 0.2) is 0 Å². The zero-order chi connectivity index (χ0) is 22.9. The average molecular weight is 440 g/mol. The van der Waals surface area contributed by atoms with Gasteiger partial charge < -0.3 is 9.80 Å². The van der Waals surface area contributed by atoms with Crippen LogP contribution in [0.15, 0.2) is 54.6 Å². The highest BCUT2D eigenvalue weighted by Gasteiger charge is 2.31. The molecule has 0 radical (unpaired) electrons. The topological polar surface area (TPSA) is 53.5 Å². The number of para-hydroxylation sites is 1. The van der Waals surface area contributed by atoms with Crippen LogP contribution in [0, 0.1) is 5.92 Å². The number of fused-ring (bicyclic) bond motifs is 2. The maximum Gasteiger partial charge on any atom is 0.255 e. The minimum atomic E-state index is 0.0567. The molecule has 0 N–H and O–H groups in total. The lowest BCUT2D eigenvalue weighted by Crippen LogP contribution is -2.50. The van der Waals surface area contributed by atoms with Crippen LogP contribution in [0.25, 0.3) is 22.6 Å². The molecule has 0 bridgehead atoms. The summed E-state index contributed by atoms with van der Waals surface area (Å²) >= 11 is 0. The highest BCUT2D eigenvalue weighted by atomic mass is 16.2. The van der Waals surface area contributed by atoms with Crippen molar-refractivity contribution >= 4 is 34.4 Å². The molecule has 5 heteroatoms. The third-order valence-electron chi connectivity index (χ3n) is 6.78. The minimum Gasteiger partial charge on any atom is -0.339 e. The fraction of sp³-hybridized carbons (Fsp3) is 0.321. The zero-order valence-corrected chi connectivity index (χ0v) is 19.3. The lowest BCUT2D eigenvalue weighted by molar-refractivity contribution is -0.130. The first-order valence-corrected chi connectivity index (χ1v) is 11.7. The Hall–Kier alpha value is -3.47. The van der Waals surface area contributed by atoms with E-state index in [1.165, 1.54) is 5.57 Å². The van der Waals surface area contributed by atoms with Crippen molar-refractivity contribution < 1.29 is 9.59 Å². The zero-order valence-electron chi connectivity index (χ0n) is 19.3. The van der Waals surface area contributed by atoms with Gasteiger partial charge in [-0.3, -0.25) is 9.59 Å². The van der Waals surface area contributed by atoms with Gasteiger partial charge >= 0.3 is 0 Å². The van der Waals surface area contributed by atoms with Gasteiger partial charge in [0.1, 0.15) is 0 Å². The largest absolute Gasteiger partial charge is 0.339 e. The summed E-state index contributed by atoms with van der Waals surface area (Å²) in [4.78, 5) is 34.4. The fourth-order valence-corrected chi connectivity index (χ4v) is 5.11. The summed E-state index contributed by atoms with van der Waals surface area (Å²) in [6, 6.07) is 18.3. The molecule has 1 aliphatic carbocycles. The van der Waals surface area contributed by atoms with E-state index in [-0.39, 0.29) is 11.8 Å². The van der Waals surface area contributed by atoms with Crippen molar-refractivity contribution in [1.82, 2.24) is 14.8 Å². The van der Waals surface area contributed by atoms with E-state index in [0.29, 0.717) is 32.1 Å². The SMILES string of the molecule is CC(=O)N1CCN(C(=O)c2c3c(nc4ccccc24)/C(=C\c2ccccc2)C[C@@H](C)C3)CC1. The fourth-order valence-electron chi connectivity index (χ4n) is 5.11. The molecule has 0 saturated carbocycles. The van der Waals surface area contributed by atoms with Crippen molar-refractivity contribution in [3.63, 3.8) is 0 Å². The summed E-state index contributed by atoms with van der Waals surface area (Å²) in [7, 11) is 0. The summed E-state index contributed by atoms with van der Waals surface area (Å²) in [6.45, 7) is 6.13. The number of hydrogen-bond acceptors (Lipinski definition) is 3. The molecule has 2 aliphatic rings. The summed E-state index contributed by atoms with van der Waals surface area (Å²) in [5.74, 6) is 0.552. The average Bonchev–Trinajstić information content (AvgIpc) is 2.83. The number of pyridine rings is 1. The van der Waals surface area contributed by atoms with Crippen molar-refractivity contribution in [3.05, 3.63) is 77.0 Å². The van der Waals surface area contributed by atoms with Gasteiger partial charge in [-0.1, -0.05) is 55.5 Å². The Bertz CT molecular complexity index is 1240. The number of carbonyl (C=O) groups is 2. The Labute approximate surface area is 194 Å². The van der Waals surface area contributed by atoms with Crippen molar-refractivity contribution in [1.29, 1.82) is 0 Å². The van der Waals surface area contributed by atoms with Crippen LogP contribution in [0.5, 0.6) is 0 Å². The minimum absolute atomic E-state index is 0.0567. The predicted octanol–water partition coefficient (Wildman–Crippen LogP) is 4.66. The second-order valence-electron chi connectivity index (χ2n) is 9.22.